The van der Waals surface area contributed by atoms with E-state index in [1.807, 2.05) is 48.5 Å². The molecule has 0 aromatic heterocycles. The Bertz CT molecular complexity index is 505. The molecule has 18 heavy (non-hydrogen) atoms. The van der Waals surface area contributed by atoms with E-state index >= 15 is 0 Å². The molecule has 2 aromatic rings. The van der Waals surface area contributed by atoms with Gasteiger partial charge in [0.1, 0.15) is 17.6 Å². The molecule has 0 saturated carbocycles. The quantitative estimate of drug-likeness (QED) is 0.898. The van der Waals surface area contributed by atoms with Crippen LogP contribution in [0.3, 0.4) is 0 Å². The van der Waals surface area contributed by atoms with Gasteiger partial charge in [0.05, 0.1) is 14.2 Å². The molecule has 3 heteroatoms. The van der Waals surface area contributed by atoms with Gasteiger partial charge in [0.15, 0.2) is 0 Å². The number of aliphatic hydroxyl groups excluding tert-OH is 1. The largest absolute Gasteiger partial charge is 0.497 e. The Morgan fingerprint density at radius 3 is 2.11 bits per heavy atom. The number of ether oxygens (including phenoxy) is 2. The molecule has 2 rings (SSSR count). The Kier molecular flexibility index (Phi) is 3.85. The van der Waals surface area contributed by atoms with Crippen LogP contribution in [0.4, 0.5) is 0 Å². The summed E-state index contributed by atoms with van der Waals surface area (Å²) in [6.45, 7) is 0. The first kappa shape index (κ1) is 12.5. The fourth-order valence-electron chi connectivity index (χ4n) is 1.79. The summed E-state index contributed by atoms with van der Waals surface area (Å²) < 4.78 is 10.2. The summed E-state index contributed by atoms with van der Waals surface area (Å²) in [5.41, 5.74) is 1.63. The molecule has 0 aliphatic heterocycles. The summed E-state index contributed by atoms with van der Waals surface area (Å²) in [7, 11) is 3.23. The van der Waals surface area contributed by atoms with E-state index in [9.17, 15) is 5.11 Å². The van der Waals surface area contributed by atoms with Crippen LogP contribution in [0.25, 0.3) is 0 Å². The van der Waals surface area contributed by atoms with E-state index in [-0.39, 0.29) is 0 Å². The number of hydrogen-bond acceptors (Lipinski definition) is 3. The van der Waals surface area contributed by atoms with Crippen molar-refractivity contribution in [1.82, 2.24) is 0 Å². The zero-order valence-electron chi connectivity index (χ0n) is 10.5. The minimum atomic E-state index is -0.661. The van der Waals surface area contributed by atoms with Crippen LogP contribution in [0.1, 0.15) is 17.2 Å². The molecule has 1 atom stereocenters. The third-order valence-corrected chi connectivity index (χ3v) is 2.84. The van der Waals surface area contributed by atoms with Crippen LogP contribution in [0.2, 0.25) is 0 Å². The lowest BCUT2D eigenvalue weighted by atomic mass is 10.0. The molecular formula is C15H16O3. The second-order valence-corrected chi connectivity index (χ2v) is 3.95. The predicted octanol–water partition coefficient (Wildman–Crippen LogP) is 2.79. The van der Waals surface area contributed by atoms with Crippen LogP contribution >= 0.6 is 0 Å². The summed E-state index contributed by atoms with van der Waals surface area (Å²) in [6.07, 6.45) is -0.661. The molecule has 0 amide bonds. The number of benzene rings is 2. The highest BCUT2D eigenvalue weighted by molar-refractivity contribution is 5.37. The van der Waals surface area contributed by atoms with E-state index in [1.54, 1.807) is 14.2 Å². The van der Waals surface area contributed by atoms with Gasteiger partial charge in [-0.2, -0.15) is 0 Å². The van der Waals surface area contributed by atoms with Crippen LogP contribution < -0.4 is 9.47 Å². The standard InChI is InChI=1S/C15H16O3/c1-17-13-8-6-11(7-9-13)15(16)12-4-3-5-14(10-12)18-2/h3-10,15-16H,1-2H3/t15-/m1/s1. The summed E-state index contributed by atoms with van der Waals surface area (Å²) in [5.74, 6) is 1.51. The number of rotatable bonds is 4. The van der Waals surface area contributed by atoms with E-state index in [2.05, 4.69) is 0 Å². The highest BCUT2D eigenvalue weighted by Crippen LogP contribution is 2.26. The van der Waals surface area contributed by atoms with Gasteiger partial charge in [-0.15, -0.1) is 0 Å². The van der Waals surface area contributed by atoms with Crippen LogP contribution in [-0.2, 0) is 0 Å². The minimum absolute atomic E-state index is 0.661. The van der Waals surface area contributed by atoms with E-state index < -0.39 is 6.10 Å². The van der Waals surface area contributed by atoms with Crippen molar-refractivity contribution in [2.45, 2.75) is 6.10 Å². The molecule has 2 aromatic carbocycles. The van der Waals surface area contributed by atoms with Gasteiger partial charge >= 0.3 is 0 Å². The van der Waals surface area contributed by atoms with Crippen molar-refractivity contribution in [2.24, 2.45) is 0 Å². The molecule has 0 heterocycles. The Balaban J connectivity index is 2.25. The lowest BCUT2D eigenvalue weighted by Crippen LogP contribution is -2.00. The topological polar surface area (TPSA) is 38.7 Å². The van der Waals surface area contributed by atoms with Gasteiger partial charge < -0.3 is 14.6 Å². The molecule has 3 nitrogen and oxygen atoms in total. The maximum Gasteiger partial charge on any atom is 0.119 e. The predicted molar refractivity (Wildman–Crippen MR) is 70.0 cm³/mol. The number of hydrogen-bond donors (Lipinski definition) is 1. The van der Waals surface area contributed by atoms with Gasteiger partial charge in [0.25, 0.3) is 0 Å². The zero-order chi connectivity index (χ0) is 13.0. The maximum atomic E-state index is 10.3. The number of aliphatic hydroxyl groups is 1. The summed E-state index contributed by atoms with van der Waals surface area (Å²) in [6, 6.07) is 14.8. The van der Waals surface area contributed by atoms with Gasteiger partial charge in [-0.1, -0.05) is 24.3 Å². The Labute approximate surface area is 107 Å². The van der Waals surface area contributed by atoms with E-state index in [0.29, 0.717) is 0 Å². The Morgan fingerprint density at radius 2 is 1.50 bits per heavy atom. The normalized spacial score (nSPS) is 11.9. The minimum Gasteiger partial charge on any atom is -0.497 e. The van der Waals surface area contributed by atoms with Gasteiger partial charge in [-0.05, 0) is 35.4 Å². The van der Waals surface area contributed by atoms with Crippen LogP contribution in [-0.4, -0.2) is 19.3 Å². The lowest BCUT2D eigenvalue weighted by molar-refractivity contribution is 0.219. The lowest BCUT2D eigenvalue weighted by Gasteiger charge is -2.13. The van der Waals surface area contributed by atoms with E-state index in [0.717, 1.165) is 22.6 Å². The molecule has 94 valence electrons. The first-order valence-electron chi connectivity index (χ1n) is 5.70. The molecule has 0 aliphatic carbocycles. The van der Waals surface area contributed by atoms with Gasteiger partial charge in [-0.25, -0.2) is 0 Å². The smallest absolute Gasteiger partial charge is 0.119 e. The van der Waals surface area contributed by atoms with Crippen LogP contribution in [0, 0.1) is 0 Å². The molecular weight excluding hydrogens is 228 g/mol. The molecule has 1 N–H and O–H groups in total. The van der Waals surface area contributed by atoms with Crippen LogP contribution in [0.15, 0.2) is 48.5 Å². The van der Waals surface area contributed by atoms with Crippen molar-refractivity contribution in [1.29, 1.82) is 0 Å². The second-order valence-electron chi connectivity index (χ2n) is 3.95. The van der Waals surface area contributed by atoms with E-state index in [1.165, 1.54) is 0 Å². The highest BCUT2D eigenvalue weighted by Gasteiger charge is 2.11. The highest BCUT2D eigenvalue weighted by atomic mass is 16.5. The fraction of sp³-hybridized carbons (Fsp3) is 0.200. The first-order valence-corrected chi connectivity index (χ1v) is 5.70. The van der Waals surface area contributed by atoms with E-state index in [4.69, 9.17) is 9.47 Å². The SMILES string of the molecule is COc1ccc([C@@H](O)c2cccc(OC)c2)cc1. The van der Waals surface area contributed by atoms with Gasteiger partial charge in [-0.3, -0.25) is 0 Å². The maximum absolute atomic E-state index is 10.3. The monoisotopic (exact) mass is 244 g/mol. The van der Waals surface area contributed by atoms with Crippen molar-refractivity contribution in [3.8, 4) is 11.5 Å². The summed E-state index contributed by atoms with van der Waals surface area (Å²) >= 11 is 0. The molecule has 0 fully saturated rings. The summed E-state index contributed by atoms with van der Waals surface area (Å²) in [4.78, 5) is 0. The van der Waals surface area contributed by atoms with Crippen molar-refractivity contribution in [3.05, 3.63) is 59.7 Å². The molecule has 0 radical (unpaired) electrons. The molecule has 0 unspecified atom stereocenters. The van der Waals surface area contributed by atoms with Crippen LogP contribution in [0.5, 0.6) is 11.5 Å². The van der Waals surface area contributed by atoms with Gasteiger partial charge in [0, 0.05) is 0 Å². The number of methoxy groups -OCH3 is 2. The van der Waals surface area contributed by atoms with Crippen molar-refractivity contribution >= 4 is 0 Å². The third kappa shape index (κ3) is 2.63. The first-order chi connectivity index (χ1) is 8.74. The fourth-order valence-corrected chi connectivity index (χ4v) is 1.79. The summed E-state index contributed by atoms with van der Waals surface area (Å²) in [5, 5.41) is 10.3. The van der Waals surface area contributed by atoms with Gasteiger partial charge in [0.2, 0.25) is 0 Å². The second kappa shape index (κ2) is 5.56. The average molecular weight is 244 g/mol. The Hall–Kier alpha value is -2.00. The molecule has 0 aliphatic rings. The van der Waals surface area contributed by atoms with Crippen molar-refractivity contribution < 1.29 is 14.6 Å². The molecule has 0 bridgehead atoms. The van der Waals surface area contributed by atoms with Crippen molar-refractivity contribution in [3.63, 3.8) is 0 Å². The third-order valence-electron chi connectivity index (χ3n) is 2.84. The zero-order valence-corrected chi connectivity index (χ0v) is 10.5. The van der Waals surface area contributed by atoms with Crippen molar-refractivity contribution in [2.75, 3.05) is 14.2 Å². The molecule has 0 spiro atoms. The average Bonchev–Trinajstić information content (AvgIpc) is 2.46. The molecule has 0 saturated heterocycles. The Morgan fingerprint density at radius 1 is 0.833 bits per heavy atom.